The van der Waals surface area contributed by atoms with Crippen LogP contribution in [0.5, 0.6) is 0 Å². The molecule has 14 heavy (non-hydrogen) atoms. The molecular formula is C8H12N4O2. The first-order valence-corrected chi connectivity index (χ1v) is 4.63. The molecule has 0 bridgehead atoms. The highest BCUT2D eigenvalue weighted by Gasteiger charge is 2.34. The van der Waals surface area contributed by atoms with Gasteiger partial charge in [-0.3, -0.25) is 4.79 Å². The third kappa shape index (κ3) is 1.43. The third-order valence-corrected chi connectivity index (χ3v) is 2.31. The van der Waals surface area contributed by atoms with Gasteiger partial charge in [0.15, 0.2) is 0 Å². The van der Waals surface area contributed by atoms with Crippen LogP contribution in [0.25, 0.3) is 0 Å². The monoisotopic (exact) mass is 196 g/mol. The molecule has 1 fully saturated rings. The van der Waals surface area contributed by atoms with E-state index in [9.17, 15) is 4.79 Å². The van der Waals surface area contributed by atoms with Gasteiger partial charge in [0, 0.05) is 12.6 Å². The summed E-state index contributed by atoms with van der Waals surface area (Å²) in [7, 11) is 0. The number of nitrogen functional groups attached to an aromatic ring is 1. The summed E-state index contributed by atoms with van der Waals surface area (Å²) in [6.45, 7) is 2.59. The van der Waals surface area contributed by atoms with E-state index in [0.717, 1.165) is 12.8 Å². The second kappa shape index (κ2) is 3.28. The summed E-state index contributed by atoms with van der Waals surface area (Å²) in [5.74, 6) is -0.122. The number of hydrogen-bond donors (Lipinski definition) is 1. The molecule has 0 unspecified atom stereocenters. The Labute approximate surface area is 81.0 Å². The fraction of sp³-hybridized carbons (Fsp3) is 0.625. The van der Waals surface area contributed by atoms with Crippen LogP contribution >= 0.6 is 0 Å². The highest BCUT2D eigenvalue weighted by molar-refractivity contribution is 5.96. The lowest BCUT2D eigenvalue weighted by molar-refractivity contribution is 0.0742. The summed E-state index contributed by atoms with van der Waals surface area (Å²) in [6.07, 6.45) is 2.12. The lowest BCUT2D eigenvalue weighted by Crippen LogP contribution is -2.33. The van der Waals surface area contributed by atoms with E-state index in [-0.39, 0.29) is 17.4 Å². The topological polar surface area (TPSA) is 85.2 Å². The number of aromatic nitrogens is 2. The maximum atomic E-state index is 11.8. The maximum Gasteiger partial charge on any atom is 0.280 e. The summed E-state index contributed by atoms with van der Waals surface area (Å²) in [4.78, 5) is 13.6. The molecule has 1 aromatic rings. The number of carbonyl (C=O) groups is 1. The SMILES string of the molecule is CCN(C(=O)c1nonc1N)C1CC1. The van der Waals surface area contributed by atoms with Crippen LogP contribution in [0.15, 0.2) is 4.63 Å². The molecule has 0 aliphatic heterocycles. The molecule has 2 rings (SSSR count). The van der Waals surface area contributed by atoms with Crippen LogP contribution in [-0.4, -0.2) is 33.7 Å². The molecule has 2 N–H and O–H groups in total. The van der Waals surface area contributed by atoms with Gasteiger partial charge in [-0.1, -0.05) is 0 Å². The molecule has 0 atom stereocenters. The molecule has 1 aliphatic rings. The van der Waals surface area contributed by atoms with Crippen molar-refractivity contribution in [1.82, 2.24) is 15.2 Å². The molecule has 6 nitrogen and oxygen atoms in total. The Morgan fingerprint density at radius 3 is 2.79 bits per heavy atom. The first-order valence-electron chi connectivity index (χ1n) is 4.63. The number of amides is 1. The van der Waals surface area contributed by atoms with E-state index in [1.807, 2.05) is 6.92 Å². The Balaban J connectivity index is 2.17. The first-order chi connectivity index (χ1) is 6.74. The standard InChI is InChI=1S/C8H12N4O2/c1-2-12(5-3-4-5)8(13)6-7(9)11-14-10-6/h5H,2-4H2,1H3,(H2,9,11). The molecule has 1 aliphatic carbocycles. The van der Waals surface area contributed by atoms with Crippen molar-refractivity contribution in [3.05, 3.63) is 5.69 Å². The molecule has 1 saturated carbocycles. The van der Waals surface area contributed by atoms with Crippen LogP contribution in [0, 0.1) is 0 Å². The van der Waals surface area contributed by atoms with Crippen molar-refractivity contribution in [3.63, 3.8) is 0 Å². The highest BCUT2D eigenvalue weighted by atomic mass is 16.6. The number of hydrogen-bond acceptors (Lipinski definition) is 5. The predicted octanol–water partition coefficient (Wildman–Crippen LogP) is 0.276. The van der Waals surface area contributed by atoms with Gasteiger partial charge in [0.1, 0.15) is 0 Å². The second-order valence-electron chi connectivity index (χ2n) is 3.32. The smallest absolute Gasteiger partial charge is 0.280 e. The van der Waals surface area contributed by atoms with Crippen molar-refractivity contribution in [3.8, 4) is 0 Å². The van der Waals surface area contributed by atoms with E-state index in [1.54, 1.807) is 4.90 Å². The fourth-order valence-corrected chi connectivity index (χ4v) is 1.43. The Morgan fingerprint density at radius 2 is 2.36 bits per heavy atom. The van der Waals surface area contributed by atoms with Crippen LogP contribution < -0.4 is 5.73 Å². The second-order valence-corrected chi connectivity index (χ2v) is 3.32. The van der Waals surface area contributed by atoms with Crippen molar-refractivity contribution in [2.45, 2.75) is 25.8 Å². The van der Waals surface area contributed by atoms with E-state index < -0.39 is 0 Å². The summed E-state index contributed by atoms with van der Waals surface area (Å²) in [5, 5.41) is 6.87. The summed E-state index contributed by atoms with van der Waals surface area (Å²) in [6, 6.07) is 0.351. The summed E-state index contributed by atoms with van der Waals surface area (Å²) < 4.78 is 4.39. The van der Waals surface area contributed by atoms with Crippen molar-refractivity contribution in [2.75, 3.05) is 12.3 Å². The van der Waals surface area contributed by atoms with Gasteiger partial charge in [-0.15, -0.1) is 0 Å². The molecule has 0 spiro atoms. The van der Waals surface area contributed by atoms with Crippen LogP contribution in [0.3, 0.4) is 0 Å². The molecule has 0 radical (unpaired) electrons. The van der Waals surface area contributed by atoms with E-state index in [2.05, 4.69) is 14.9 Å². The Kier molecular flexibility index (Phi) is 2.11. The van der Waals surface area contributed by atoms with Crippen LogP contribution in [0.2, 0.25) is 0 Å². The minimum Gasteiger partial charge on any atom is -0.379 e. The molecule has 0 saturated heterocycles. The van der Waals surface area contributed by atoms with Gasteiger partial charge in [-0.25, -0.2) is 4.63 Å². The number of nitrogens with two attached hydrogens (primary N) is 1. The van der Waals surface area contributed by atoms with E-state index >= 15 is 0 Å². The van der Waals surface area contributed by atoms with E-state index in [1.165, 1.54) is 0 Å². The van der Waals surface area contributed by atoms with Gasteiger partial charge >= 0.3 is 0 Å². The third-order valence-electron chi connectivity index (χ3n) is 2.31. The lowest BCUT2D eigenvalue weighted by atomic mass is 10.3. The number of carbonyl (C=O) groups excluding carboxylic acids is 1. The first kappa shape index (κ1) is 8.98. The van der Waals surface area contributed by atoms with Crippen LogP contribution in [-0.2, 0) is 0 Å². The fourth-order valence-electron chi connectivity index (χ4n) is 1.43. The number of rotatable bonds is 3. The van der Waals surface area contributed by atoms with E-state index in [0.29, 0.717) is 12.6 Å². The molecule has 6 heteroatoms. The average Bonchev–Trinajstić information content (AvgIpc) is 2.90. The Morgan fingerprint density at radius 1 is 1.64 bits per heavy atom. The molecular weight excluding hydrogens is 184 g/mol. The van der Waals surface area contributed by atoms with Gasteiger partial charge in [0.25, 0.3) is 5.91 Å². The largest absolute Gasteiger partial charge is 0.379 e. The predicted molar refractivity (Wildman–Crippen MR) is 48.4 cm³/mol. The Bertz CT molecular complexity index is 345. The van der Waals surface area contributed by atoms with Crippen LogP contribution in [0.1, 0.15) is 30.3 Å². The lowest BCUT2D eigenvalue weighted by Gasteiger charge is -2.18. The van der Waals surface area contributed by atoms with Gasteiger partial charge in [0.05, 0.1) is 0 Å². The number of anilines is 1. The average molecular weight is 196 g/mol. The zero-order chi connectivity index (χ0) is 10.1. The minimum absolute atomic E-state index is 0.0640. The summed E-state index contributed by atoms with van der Waals surface area (Å²) in [5.41, 5.74) is 5.56. The molecule has 76 valence electrons. The van der Waals surface area contributed by atoms with E-state index in [4.69, 9.17) is 5.73 Å². The normalized spacial score (nSPS) is 15.5. The quantitative estimate of drug-likeness (QED) is 0.750. The summed E-state index contributed by atoms with van der Waals surface area (Å²) >= 11 is 0. The molecule has 1 aromatic heterocycles. The molecule has 1 heterocycles. The van der Waals surface area contributed by atoms with Gasteiger partial charge < -0.3 is 10.6 Å². The maximum absolute atomic E-state index is 11.8. The van der Waals surface area contributed by atoms with Crippen LogP contribution in [0.4, 0.5) is 5.82 Å². The highest BCUT2D eigenvalue weighted by Crippen LogP contribution is 2.28. The zero-order valence-electron chi connectivity index (χ0n) is 7.93. The van der Waals surface area contributed by atoms with Crippen molar-refractivity contribution >= 4 is 11.7 Å². The van der Waals surface area contributed by atoms with Crippen molar-refractivity contribution in [1.29, 1.82) is 0 Å². The minimum atomic E-state index is -0.186. The van der Waals surface area contributed by atoms with Crippen molar-refractivity contribution in [2.24, 2.45) is 0 Å². The molecule has 0 aromatic carbocycles. The Hall–Kier alpha value is -1.59. The van der Waals surface area contributed by atoms with Gasteiger partial charge in [0.2, 0.25) is 11.5 Å². The van der Waals surface area contributed by atoms with Gasteiger partial charge in [-0.05, 0) is 30.1 Å². The zero-order valence-corrected chi connectivity index (χ0v) is 7.93. The van der Waals surface area contributed by atoms with Crippen molar-refractivity contribution < 1.29 is 9.42 Å². The molecule has 1 amide bonds. The van der Waals surface area contributed by atoms with Gasteiger partial charge in [-0.2, -0.15) is 0 Å². The number of nitrogens with zero attached hydrogens (tertiary/aromatic N) is 3.